The minimum absolute atomic E-state index is 0.150. The lowest BCUT2D eigenvalue weighted by atomic mass is 10.2. The van der Waals surface area contributed by atoms with E-state index in [4.69, 9.17) is 0 Å². The van der Waals surface area contributed by atoms with Gasteiger partial charge in [-0.3, -0.25) is 4.79 Å². The highest BCUT2D eigenvalue weighted by atomic mass is 32.1. The number of nitrogens with one attached hydrogen (secondary N) is 1. The van der Waals surface area contributed by atoms with Crippen LogP contribution in [-0.4, -0.2) is 29.0 Å². The van der Waals surface area contributed by atoms with Crippen LogP contribution < -0.4 is 10.2 Å². The van der Waals surface area contributed by atoms with Gasteiger partial charge in [-0.25, -0.2) is 9.97 Å². The number of pyridine rings is 1. The molecule has 0 atom stereocenters. The van der Waals surface area contributed by atoms with Crippen molar-refractivity contribution in [3.05, 3.63) is 65.3 Å². The minimum atomic E-state index is -0.150. The highest BCUT2D eigenvalue weighted by molar-refractivity contribution is 7.13. The smallest absolute Gasteiger partial charge is 0.271 e. The van der Waals surface area contributed by atoms with Crippen molar-refractivity contribution < 1.29 is 4.79 Å². The van der Waals surface area contributed by atoms with Crippen LogP contribution in [0.1, 0.15) is 28.9 Å². The molecule has 5 nitrogen and oxygen atoms in total. The zero-order valence-electron chi connectivity index (χ0n) is 14.4. The van der Waals surface area contributed by atoms with Crippen molar-refractivity contribution in [2.75, 3.05) is 18.0 Å². The SMILES string of the molecule is O=C(NCc1ccnc(N2CCCC2)c1)c1csc(-c2ccccc2)n1. The fourth-order valence-electron chi connectivity index (χ4n) is 3.05. The second-order valence-electron chi connectivity index (χ2n) is 6.30. The Bertz CT molecular complexity index is 888. The van der Waals surface area contributed by atoms with Crippen LogP contribution in [0.3, 0.4) is 0 Å². The number of anilines is 1. The van der Waals surface area contributed by atoms with Crippen molar-refractivity contribution >= 4 is 23.1 Å². The predicted octanol–water partition coefficient (Wildman–Crippen LogP) is 3.74. The lowest BCUT2D eigenvalue weighted by Gasteiger charge is -2.16. The molecule has 1 amide bonds. The summed E-state index contributed by atoms with van der Waals surface area (Å²) >= 11 is 1.48. The topological polar surface area (TPSA) is 58.1 Å². The van der Waals surface area contributed by atoms with E-state index in [1.807, 2.05) is 42.6 Å². The molecule has 0 spiro atoms. The van der Waals surface area contributed by atoms with Crippen LogP contribution in [0.25, 0.3) is 10.6 Å². The number of carbonyl (C=O) groups excluding carboxylic acids is 1. The van der Waals surface area contributed by atoms with Crippen LogP contribution in [0, 0.1) is 0 Å². The van der Waals surface area contributed by atoms with Gasteiger partial charge in [-0.05, 0) is 30.5 Å². The molecule has 6 heteroatoms. The zero-order valence-corrected chi connectivity index (χ0v) is 15.2. The molecule has 1 fully saturated rings. The summed E-state index contributed by atoms with van der Waals surface area (Å²) in [6.07, 6.45) is 4.25. The number of hydrogen-bond acceptors (Lipinski definition) is 5. The van der Waals surface area contributed by atoms with E-state index in [1.54, 1.807) is 5.38 Å². The maximum Gasteiger partial charge on any atom is 0.271 e. The monoisotopic (exact) mass is 364 g/mol. The average molecular weight is 364 g/mol. The van der Waals surface area contributed by atoms with E-state index in [1.165, 1.54) is 24.2 Å². The largest absolute Gasteiger partial charge is 0.357 e. The van der Waals surface area contributed by atoms with Crippen molar-refractivity contribution in [3.8, 4) is 10.6 Å². The van der Waals surface area contributed by atoms with Gasteiger partial charge in [-0.2, -0.15) is 0 Å². The fourth-order valence-corrected chi connectivity index (χ4v) is 3.86. The molecule has 0 unspecified atom stereocenters. The number of amides is 1. The van der Waals surface area contributed by atoms with Gasteiger partial charge >= 0.3 is 0 Å². The summed E-state index contributed by atoms with van der Waals surface area (Å²) in [6, 6.07) is 13.9. The summed E-state index contributed by atoms with van der Waals surface area (Å²) in [5, 5.41) is 5.62. The molecule has 1 aromatic carbocycles. The molecule has 0 saturated carbocycles. The van der Waals surface area contributed by atoms with Crippen molar-refractivity contribution in [1.29, 1.82) is 0 Å². The van der Waals surface area contributed by atoms with Crippen LogP contribution in [0.15, 0.2) is 54.0 Å². The first-order chi connectivity index (χ1) is 12.8. The Hall–Kier alpha value is -2.73. The minimum Gasteiger partial charge on any atom is -0.357 e. The van der Waals surface area contributed by atoms with Crippen LogP contribution in [0.4, 0.5) is 5.82 Å². The highest BCUT2D eigenvalue weighted by Crippen LogP contribution is 2.23. The van der Waals surface area contributed by atoms with Crippen LogP contribution in [-0.2, 0) is 6.54 Å². The lowest BCUT2D eigenvalue weighted by molar-refractivity contribution is 0.0946. The summed E-state index contributed by atoms with van der Waals surface area (Å²) in [5.41, 5.74) is 2.54. The molecular formula is C20H20N4OS. The van der Waals surface area contributed by atoms with E-state index in [0.717, 1.165) is 35.0 Å². The Balaban J connectivity index is 1.40. The van der Waals surface area contributed by atoms with Gasteiger partial charge in [0.25, 0.3) is 5.91 Å². The Morgan fingerprint density at radius 3 is 2.77 bits per heavy atom. The third-order valence-corrected chi connectivity index (χ3v) is 5.34. The molecule has 2 aromatic heterocycles. The van der Waals surface area contributed by atoms with E-state index >= 15 is 0 Å². The standard InChI is InChI=1S/C20H20N4OS/c25-19(17-14-26-20(23-17)16-6-2-1-3-7-16)22-13-15-8-9-21-18(12-15)24-10-4-5-11-24/h1-3,6-9,12,14H,4-5,10-11,13H2,(H,22,25). The molecule has 0 bridgehead atoms. The van der Waals surface area contributed by atoms with E-state index in [2.05, 4.69) is 26.3 Å². The molecule has 1 aliphatic rings. The summed E-state index contributed by atoms with van der Waals surface area (Å²) in [5.74, 6) is 0.845. The van der Waals surface area contributed by atoms with E-state index in [9.17, 15) is 4.79 Å². The van der Waals surface area contributed by atoms with Crippen molar-refractivity contribution in [2.24, 2.45) is 0 Å². The zero-order chi connectivity index (χ0) is 17.8. The van der Waals surface area contributed by atoms with Gasteiger partial charge in [0, 0.05) is 36.8 Å². The molecule has 3 aromatic rings. The first-order valence-corrected chi connectivity index (χ1v) is 9.66. The quantitative estimate of drug-likeness (QED) is 0.749. The Kier molecular flexibility index (Phi) is 4.93. The number of hydrogen-bond donors (Lipinski definition) is 1. The van der Waals surface area contributed by atoms with Gasteiger partial charge in [0.15, 0.2) is 0 Å². The number of thiazole rings is 1. The summed E-state index contributed by atoms with van der Waals surface area (Å²) in [4.78, 5) is 23.6. The highest BCUT2D eigenvalue weighted by Gasteiger charge is 2.15. The fraction of sp³-hybridized carbons (Fsp3) is 0.250. The summed E-state index contributed by atoms with van der Waals surface area (Å²) in [6.45, 7) is 2.59. The van der Waals surface area contributed by atoms with E-state index in [0.29, 0.717) is 12.2 Å². The molecular weight excluding hydrogens is 344 g/mol. The normalized spacial score (nSPS) is 13.8. The van der Waals surface area contributed by atoms with Gasteiger partial charge in [-0.1, -0.05) is 30.3 Å². The van der Waals surface area contributed by atoms with Gasteiger partial charge < -0.3 is 10.2 Å². The van der Waals surface area contributed by atoms with Crippen molar-refractivity contribution in [3.63, 3.8) is 0 Å². The number of aromatic nitrogens is 2. The maximum absolute atomic E-state index is 12.4. The van der Waals surface area contributed by atoms with Gasteiger partial charge in [0.05, 0.1) is 0 Å². The number of nitrogens with zero attached hydrogens (tertiary/aromatic N) is 3. The van der Waals surface area contributed by atoms with Crippen LogP contribution in [0.2, 0.25) is 0 Å². The number of rotatable bonds is 5. The van der Waals surface area contributed by atoms with Gasteiger partial charge in [-0.15, -0.1) is 11.3 Å². The molecule has 1 saturated heterocycles. The third kappa shape index (κ3) is 3.75. The van der Waals surface area contributed by atoms with Gasteiger partial charge in [0.2, 0.25) is 0 Å². The Morgan fingerprint density at radius 1 is 1.15 bits per heavy atom. The van der Waals surface area contributed by atoms with Gasteiger partial charge in [0.1, 0.15) is 16.5 Å². The number of benzene rings is 1. The van der Waals surface area contributed by atoms with E-state index in [-0.39, 0.29) is 5.91 Å². The van der Waals surface area contributed by atoms with Crippen molar-refractivity contribution in [1.82, 2.24) is 15.3 Å². The molecule has 1 N–H and O–H groups in total. The molecule has 0 aliphatic carbocycles. The third-order valence-electron chi connectivity index (χ3n) is 4.45. The summed E-state index contributed by atoms with van der Waals surface area (Å²) < 4.78 is 0. The average Bonchev–Trinajstić information content (AvgIpc) is 3.39. The van der Waals surface area contributed by atoms with Crippen LogP contribution in [0.5, 0.6) is 0 Å². The van der Waals surface area contributed by atoms with Crippen molar-refractivity contribution in [2.45, 2.75) is 19.4 Å². The summed E-state index contributed by atoms with van der Waals surface area (Å²) in [7, 11) is 0. The first-order valence-electron chi connectivity index (χ1n) is 8.78. The molecule has 3 heterocycles. The maximum atomic E-state index is 12.4. The number of carbonyl (C=O) groups is 1. The second kappa shape index (κ2) is 7.66. The lowest BCUT2D eigenvalue weighted by Crippen LogP contribution is -2.24. The Morgan fingerprint density at radius 2 is 1.96 bits per heavy atom. The molecule has 0 radical (unpaired) electrons. The molecule has 26 heavy (non-hydrogen) atoms. The first kappa shape index (κ1) is 16.7. The Labute approximate surface area is 156 Å². The predicted molar refractivity (Wildman–Crippen MR) is 104 cm³/mol. The second-order valence-corrected chi connectivity index (χ2v) is 7.16. The van der Waals surface area contributed by atoms with Crippen LogP contribution >= 0.6 is 11.3 Å². The molecule has 132 valence electrons. The molecule has 4 rings (SSSR count). The molecule has 1 aliphatic heterocycles. The van der Waals surface area contributed by atoms with E-state index < -0.39 is 0 Å².